The molecule has 0 spiro atoms. The summed E-state index contributed by atoms with van der Waals surface area (Å²) in [6, 6.07) is 38.9. The van der Waals surface area contributed by atoms with E-state index < -0.39 is 0 Å². The lowest BCUT2D eigenvalue weighted by Gasteiger charge is -2.32. The number of benzene rings is 5. The predicted molar refractivity (Wildman–Crippen MR) is 295 cm³/mol. The van der Waals surface area contributed by atoms with Crippen molar-refractivity contribution in [2.24, 2.45) is 0 Å². The van der Waals surface area contributed by atoms with Crippen LogP contribution in [0.15, 0.2) is 109 Å². The molecule has 0 aliphatic heterocycles. The molecule has 0 atom stereocenters. The Balaban J connectivity index is 1.50. The van der Waals surface area contributed by atoms with Crippen molar-refractivity contribution in [3.8, 4) is 47.4 Å². The van der Waals surface area contributed by atoms with Gasteiger partial charge in [-0.25, -0.2) is 0 Å². The third kappa shape index (κ3) is 13.9. The van der Waals surface area contributed by atoms with E-state index in [4.69, 9.17) is 0 Å². The van der Waals surface area contributed by atoms with Crippen molar-refractivity contribution in [1.29, 1.82) is 0 Å². The zero-order chi connectivity index (χ0) is 48.9. The minimum atomic E-state index is -0.0443. The first-order valence-corrected chi connectivity index (χ1v) is 25.1. The van der Waals surface area contributed by atoms with Crippen LogP contribution < -0.4 is 10.6 Å². The summed E-state index contributed by atoms with van der Waals surface area (Å²) in [5.74, 6) is 26.4. The van der Waals surface area contributed by atoms with Gasteiger partial charge >= 0.3 is 0 Å². The lowest BCUT2D eigenvalue weighted by Crippen LogP contribution is -2.30. The van der Waals surface area contributed by atoms with Crippen LogP contribution in [-0.2, 0) is 32.5 Å². The summed E-state index contributed by atoms with van der Waals surface area (Å²) in [5, 5.41) is 4.78. The van der Waals surface area contributed by atoms with E-state index in [0.29, 0.717) is 0 Å². The molecule has 66 heavy (non-hydrogen) atoms. The molecule has 0 bridgehead atoms. The van der Waals surface area contributed by atoms with Crippen LogP contribution in [0.25, 0.3) is 0 Å². The highest BCUT2D eigenvalue weighted by atomic mass is 31.1. The first kappa shape index (κ1) is 51.7. The van der Waals surface area contributed by atoms with Crippen LogP contribution in [0.2, 0.25) is 0 Å². The van der Waals surface area contributed by atoms with E-state index >= 15 is 0 Å². The van der Waals surface area contributed by atoms with E-state index in [1.165, 1.54) is 44.0 Å². The topological polar surface area (TPSA) is 0 Å². The third-order valence-electron chi connectivity index (χ3n) is 11.5. The van der Waals surface area contributed by atoms with Crippen LogP contribution in [0.5, 0.6) is 0 Å². The molecule has 5 aromatic rings. The molecule has 0 heterocycles. The fourth-order valence-electron chi connectivity index (χ4n) is 7.43. The van der Waals surface area contributed by atoms with Gasteiger partial charge in [0.05, 0.1) is 10.6 Å². The Hall–Kier alpha value is -5.32. The Bertz CT molecular complexity index is 2590. The summed E-state index contributed by atoms with van der Waals surface area (Å²) >= 11 is 0. The maximum absolute atomic E-state index is 3.51. The van der Waals surface area contributed by atoms with Crippen LogP contribution in [0.4, 0.5) is 0 Å². The molecule has 5 aromatic carbocycles. The SMILES string of the molecule is CC(C)(C)c1cc(C(C)(C)C)c(P=C(C#CC#Cc2ccc(C#CC#CC(=Pc3c(C(C)(C)C)cc(C(C)(C)C)cc3C(C)(C)C)c3ccccc3)cc2)c2ccccc2)c(C(C)(C)C)c1. The maximum atomic E-state index is 3.51. The largest absolute Gasteiger partial charge is 0.0622 e. The van der Waals surface area contributed by atoms with Crippen LogP contribution in [0, 0.1) is 47.4 Å². The molecule has 0 radical (unpaired) electrons. The van der Waals surface area contributed by atoms with E-state index in [1.807, 2.05) is 24.3 Å². The van der Waals surface area contributed by atoms with E-state index in [1.54, 1.807) is 0 Å². The average molecular weight is 903 g/mol. The summed E-state index contributed by atoms with van der Waals surface area (Å²) < 4.78 is 0. The van der Waals surface area contributed by atoms with Gasteiger partial charge in [0.1, 0.15) is 0 Å². The second-order valence-corrected chi connectivity index (χ2v) is 25.8. The quantitative estimate of drug-likeness (QED) is 0.125. The molecule has 2 heteroatoms. The zero-order valence-electron chi connectivity index (χ0n) is 43.3. The fourth-order valence-corrected chi connectivity index (χ4v) is 10.7. The van der Waals surface area contributed by atoms with Gasteiger partial charge in [0.2, 0.25) is 0 Å². The highest BCUT2D eigenvalue weighted by Crippen LogP contribution is 2.37. The Morgan fingerprint density at radius 1 is 0.333 bits per heavy atom. The molecule has 0 nitrogen and oxygen atoms in total. The lowest BCUT2D eigenvalue weighted by molar-refractivity contribution is 0.553. The molecule has 0 unspecified atom stereocenters. The van der Waals surface area contributed by atoms with Gasteiger partial charge in [0.25, 0.3) is 0 Å². The van der Waals surface area contributed by atoms with Crippen molar-refractivity contribution in [1.82, 2.24) is 0 Å². The molecule has 5 rings (SSSR count). The smallest absolute Gasteiger partial charge is 0.0605 e. The van der Waals surface area contributed by atoms with Crippen molar-refractivity contribution in [3.05, 3.63) is 165 Å². The maximum Gasteiger partial charge on any atom is 0.0605 e. The molecule has 0 aliphatic rings. The zero-order valence-corrected chi connectivity index (χ0v) is 45.1. The Morgan fingerprint density at radius 3 is 0.848 bits per heavy atom. The van der Waals surface area contributed by atoms with Gasteiger partial charge in [-0.3, -0.25) is 0 Å². The lowest BCUT2D eigenvalue weighted by atomic mass is 9.75. The van der Waals surface area contributed by atoms with E-state index in [-0.39, 0.29) is 32.5 Å². The highest BCUT2D eigenvalue weighted by Gasteiger charge is 2.30. The van der Waals surface area contributed by atoms with Gasteiger partial charge < -0.3 is 0 Å². The summed E-state index contributed by atoms with van der Waals surface area (Å²) in [5.41, 5.74) is 12.1. The van der Waals surface area contributed by atoms with Crippen LogP contribution in [-0.4, -0.2) is 10.6 Å². The Kier molecular flexibility index (Phi) is 15.9. The minimum absolute atomic E-state index is 0.0365. The molecular weight excluding hydrogens is 831 g/mol. The molecule has 0 aliphatic carbocycles. The molecule has 338 valence electrons. The second-order valence-electron chi connectivity index (χ2n) is 23.6. The third-order valence-corrected chi connectivity index (χ3v) is 14.1. The number of hydrogen-bond donors (Lipinski definition) is 0. The van der Waals surface area contributed by atoms with Crippen molar-refractivity contribution in [2.75, 3.05) is 0 Å². The van der Waals surface area contributed by atoms with Gasteiger partial charge in [0, 0.05) is 21.7 Å². The first-order chi connectivity index (χ1) is 30.5. The molecule has 0 aromatic heterocycles. The van der Waals surface area contributed by atoms with Gasteiger partial charge in [0.15, 0.2) is 0 Å². The van der Waals surface area contributed by atoms with Gasteiger partial charge in [-0.05, 0) is 153 Å². The highest BCUT2D eigenvalue weighted by molar-refractivity contribution is 7.51. The number of hydrogen-bond acceptors (Lipinski definition) is 0. The minimum Gasteiger partial charge on any atom is -0.0622 e. The second kappa shape index (κ2) is 20.3. The van der Waals surface area contributed by atoms with Gasteiger partial charge in [-0.2, -0.15) is 0 Å². The monoisotopic (exact) mass is 903 g/mol. The van der Waals surface area contributed by atoms with Crippen molar-refractivity contribution < 1.29 is 0 Å². The van der Waals surface area contributed by atoms with E-state index in [2.05, 4.69) is 257 Å². The van der Waals surface area contributed by atoms with Crippen molar-refractivity contribution in [2.45, 2.75) is 157 Å². The summed E-state index contributed by atoms with van der Waals surface area (Å²) in [4.78, 5) is 0. The molecule has 0 fully saturated rings. The Labute approximate surface area is 404 Å². The molecule has 0 saturated carbocycles. The standard InChI is InChI=1S/C64H72P2/c1-59(2,3)49-41-51(61(7,8)9)57(52(42-49)62(10,11)12)65-55(47-31-21-19-22-32-47)35-27-25-29-45-37-39-46(40-38-45)30-26-28-36-56(48-33-23-20-24-34-48)66-58-53(63(13,14)15)43-50(60(4,5)6)44-54(58)64(16,17)18/h19-24,31-34,37-44H,1-18H3. The molecule has 0 saturated heterocycles. The van der Waals surface area contributed by atoms with Crippen molar-refractivity contribution >= 4 is 37.6 Å². The van der Waals surface area contributed by atoms with E-state index in [0.717, 1.165) is 49.2 Å². The van der Waals surface area contributed by atoms with Crippen molar-refractivity contribution in [3.63, 3.8) is 0 Å². The summed E-state index contributed by atoms with van der Waals surface area (Å²) in [6.07, 6.45) is 0. The number of rotatable bonds is 4. The van der Waals surface area contributed by atoms with Crippen LogP contribution in [0.1, 0.15) is 180 Å². The van der Waals surface area contributed by atoms with Crippen LogP contribution in [0.3, 0.4) is 0 Å². The van der Waals surface area contributed by atoms with Gasteiger partial charge in [-0.15, -0.1) is 0 Å². The first-order valence-electron chi connectivity index (χ1n) is 23.3. The Morgan fingerprint density at radius 2 is 0.606 bits per heavy atom. The molecule has 0 N–H and O–H groups in total. The summed E-state index contributed by atoms with van der Waals surface area (Å²) in [7, 11) is 2.17. The molecular formula is C64H72P2. The average Bonchev–Trinajstić information content (AvgIpc) is 3.21. The normalized spacial score (nSPS) is 12.7. The fraction of sp³-hybridized carbons (Fsp3) is 0.375. The summed E-state index contributed by atoms with van der Waals surface area (Å²) in [6.45, 7) is 41.7. The molecule has 0 amide bonds. The predicted octanol–water partition coefficient (Wildman–Crippen LogP) is 15.2. The van der Waals surface area contributed by atoms with Gasteiger partial charge in [-0.1, -0.05) is 221 Å². The van der Waals surface area contributed by atoms with E-state index in [9.17, 15) is 0 Å². The van der Waals surface area contributed by atoms with Crippen LogP contribution >= 0.6 is 16.4 Å².